The van der Waals surface area contributed by atoms with E-state index in [1.807, 2.05) is 30.3 Å². The van der Waals surface area contributed by atoms with E-state index < -0.39 is 0 Å². The first kappa shape index (κ1) is 10.8. The van der Waals surface area contributed by atoms with Crippen LogP contribution in [0, 0.1) is 11.3 Å². The van der Waals surface area contributed by atoms with Crippen LogP contribution in [-0.2, 0) is 6.42 Å². The van der Waals surface area contributed by atoms with Crippen molar-refractivity contribution >= 4 is 0 Å². The van der Waals surface area contributed by atoms with Gasteiger partial charge in [-0.05, 0) is 16.8 Å². The lowest BCUT2D eigenvalue weighted by atomic mass is 10.2. The maximum absolute atomic E-state index is 8.27. The van der Waals surface area contributed by atoms with Gasteiger partial charge in [0.05, 0.1) is 24.9 Å². The maximum atomic E-state index is 8.27. The van der Waals surface area contributed by atoms with Gasteiger partial charge in [-0.3, -0.25) is 0 Å². The lowest BCUT2D eigenvalue weighted by Gasteiger charge is -1.88. The van der Waals surface area contributed by atoms with E-state index in [9.17, 15) is 0 Å². The summed E-state index contributed by atoms with van der Waals surface area (Å²) in [6.45, 7) is 0. The quantitative estimate of drug-likeness (QED) is 0.698. The second-order valence-electron chi connectivity index (χ2n) is 2.63. The fourth-order valence-corrected chi connectivity index (χ4v) is 0.892. The van der Waals surface area contributed by atoms with Gasteiger partial charge in [0.2, 0.25) is 0 Å². The van der Waals surface area contributed by atoms with Crippen LogP contribution in [0.15, 0.2) is 48.8 Å². The molecule has 0 aliphatic rings. The summed E-state index contributed by atoms with van der Waals surface area (Å²) in [5.41, 5.74) is 1.08. The van der Waals surface area contributed by atoms with Gasteiger partial charge in [0.15, 0.2) is 0 Å². The highest BCUT2D eigenvalue weighted by Crippen LogP contribution is 1.96. The summed E-state index contributed by atoms with van der Waals surface area (Å²) in [5, 5.41) is 18.4. The molecule has 2 aromatic rings. The number of benzene rings is 1. The zero-order valence-corrected chi connectivity index (χ0v) is 8.11. The first-order chi connectivity index (χ1) is 7.43. The molecule has 2 rings (SSSR count). The van der Waals surface area contributed by atoms with Crippen LogP contribution in [-0.4, -0.2) is 15.4 Å². The fourth-order valence-electron chi connectivity index (χ4n) is 0.892. The largest absolute Gasteiger partial charge is 0.198 e. The van der Waals surface area contributed by atoms with Gasteiger partial charge in [0, 0.05) is 0 Å². The van der Waals surface area contributed by atoms with Crippen LogP contribution < -0.4 is 0 Å². The molecule has 0 saturated carbocycles. The van der Waals surface area contributed by atoms with Crippen molar-refractivity contribution in [1.82, 2.24) is 15.4 Å². The SMILES string of the molecule is N#CCc1ccccc1.c1cnnnc1. The molecule has 1 aromatic carbocycles. The Morgan fingerprint density at radius 2 is 1.67 bits per heavy atom. The molecule has 0 aliphatic heterocycles. The molecule has 0 aliphatic carbocycles. The summed E-state index contributed by atoms with van der Waals surface area (Å²) in [5.74, 6) is 0. The Balaban J connectivity index is 0.000000162. The topological polar surface area (TPSA) is 62.5 Å². The Morgan fingerprint density at radius 1 is 1.00 bits per heavy atom. The third-order valence-corrected chi connectivity index (χ3v) is 1.53. The van der Waals surface area contributed by atoms with E-state index in [0.717, 1.165) is 5.56 Å². The number of hydrogen-bond donors (Lipinski definition) is 0. The van der Waals surface area contributed by atoms with Crippen molar-refractivity contribution in [1.29, 1.82) is 5.26 Å². The zero-order valence-electron chi connectivity index (χ0n) is 8.11. The van der Waals surface area contributed by atoms with Gasteiger partial charge >= 0.3 is 0 Å². The molecule has 1 heterocycles. The average molecular weight is 198 g/mol. The van der Waals surface area contributed by atoms with Crippen molar-refractivity contribution < 1.29 is 0 Å². The van der Waals surface area contributed by atoms with E-state index in [-0.39, 0.29) is 0 Å². The van der Waals surface area contributed by atoms with Crippen LogP contribution >= 0.6 is 0 Å². The van der Waals surface area contributed by atoms with Gasteiger partial charge in [0.1, 0.15) is 0 Å². The predicted molar refractivity (Wildman–Crippen MR) is 55.6 cm³/mol. The lowest BCUT2D eigenvalue weighted by molar-refractivity contribution is 0.865. The van der Waals surface area contributed by atoms with Gasteiger partial charge in [0.25, 0.3) is 0 Å². The monoisotopic (exact) mass is 198 g/mol. The molecule has 0 atom stereocenters. The number of nitrogens with zero attached hydrogens (tertiary/aromatic N) is 4. The Labute approximate surface area is 88.2 Å². The second-order valence-corrected chi connectivity index (χ2v) is 2.63. The molecule has 0 bridgehead atoms. The molecule has 0 radical (unpaired) electrons. The summed E-state index contributed by atoms with van der Waals surface area (Å²) in [4.78, 5) is 0. The van der Waals surface area contributed by atoms with Crippen molar-refractivity contribution in [2.45, 2.75) is 6.42 Å². The van der Waals surface area contributed by atoms with Crippen LogP contribution in [0.5, 0.6) is 0 Å². The van der Waals surface area contributed by atoms with E-state index in [1.165, 1.54) is 0 Å². The van der Waals surface area contributed by atoms with Gasteiger partial charge in [-0.15, -0.1) is 10.2 Å². The lowest BCUT2D eigenvalue weighted by Crippen LogP contribution is -1.78. The molecule has 74 valence electrons. The summed E-state index contributed by atoms with van der Waals surface area (Å²) < 4.78 is 0. The maximum Gasteiger partial charge on any atom is 0.0669 e. The molecule has 4 heteroatoms. The Hall–Kier alpha value is -2.28. The van der Waals surface area contributed by atoms with Crippen molar-refractivity contribution in [2.24, 2.45) is 0 Å². The van der Waals surface area contributed by atoms with Crippen molar-refractivity contribution in [2.75, 3.05) is 0 Å². The molecule has 0 saturated heterocycles. The molecule has 1 aromatic heterocycles. The second kappa shape index (κ2) is 7.15. The first-order valence-electron chi connectivity index (χ1n) is 4.42. The minimum atomic E-state index is 0.515. The standard InChI is InChI=1S/C8H7N.C3H3N3/c9-7-6-8-4-2-1-3-5-8;1-2-4-6-5-3-1/h1-5H,6H2;1-3H. The predicted octanol–water partition coefficient (Wildman–Crippen LogP) is 1.62. The van der Waals surface area contributed by atoms with E-state index >= 15 is 0 Å². The van der Waals surface area contributed by atoms with E-state index in [1.54, 1.807) is 18.5 Å². The molecule has 0 unspecified atom stereocenters. The van der Waals surface area contributed by atoms with Gasteiger partial charge in [-0.2, -0.15) is 5.26 Å². The summed E-state index contributed by atoms with van der Waals surface area (Å²) in [7, 11) is 0. The molecular formula is C11H10N4. The highest BCUT2D eigenvalue weighted by atomic mass is 15.3. The van der Waals surface area contributed by atoms with Gasteiger partial charge in [-0.1, -0.05) is 30.3 Å². The van der Waals surface area contributed by atoms with Crippen LogP contribution in [0.25, 0.3) is 0 Å². The molecule has 0 N–H and O–H groups in total. The van der Waals surface area contributed by atoms with Crippen molar-refractivity contribution in [3.8, 4) is 6.07 Å². The highest BCUT2D eigenvalue weighted by molar-refractivity contribution is 5.17. The van der Waals surface area contributed by atoms with Crippen LogP contribution in [0.1, 0.15) is 5.56 Å². The van der Waals surface area contributed by atoms with E-state index in [4.69, 9.17) is 5.26 Å². The minimum absolute atomic E-state index is 0.515. The first-order valence-corrected chi connectivity index (χ1v) is 4.42. The van der Waals surface area contributed by atoms with Crippen molar-refractivity contribution in [3.63, 3.8) is 0 Å². The number of hydrogen-bond acceptors (Lipinski definition) is 4. The van der Waals surface area contributed by atoms with E-state index in [2.05, 4.69) is 21.5 Å². The van der Waals surface area contributed by atoms with Crippen LogP contribution in [0.3, 0.4) is 0 Å². The number of nitriles is 1. The third-order valence-electron chi connectivity index (χ3n) is 1.53. The van der Waals surface area contributed by atoms with Crippen LogP contribution in [0.2, 0.25) is 0 Å². The molecule has 15 heavy (non-hydrogen) atoms. The van der Waals surface area contributed by atoms with Crippen molar-refractivity contribution in [3.05, 3.63) is 54.4 Å². The molecule has 4 nitrogen and oxygen atoms in total. The normalized spacial score (nSPS) is 8.20. The summed E-state index contributed by atoms with van der Waals surface area (Å²) in [6.07, 6.45) is 3.67. The zero-order chi connectivity index (χ0) is 10.8. The smallest absolute Gasteiger partial charge is 0.0669 e. The van der Waals surface area contributed by atoms with Crippen LogP contribution in [0.4, 0.5) is 0 Å². The summed E-state index contributed by atoms with van der Waals surface area (Å²) in [6, 6.07) is 13.5. The summed E-state index contributed by atoms with van der Waals surface area (Å²) >= 11 is 0. The number of rotatable bonds is 1. The molecule has 0 spiro atoms. The average Bonchev–Trinajstić information content (AvgIpc) is 2.34. The fraction of sp³-hybridized carbons (Fsp3) is 0.0909. The Kier molecular flexibility index (Phi) is 5.15. The highest BCUT2D eigenvalue weighted by Gasteiger charge is 1.84. The minimum Gasteiger partial charge on any atom is -0.198 e. The number of aromatic nitrogens is 3. The molecule has 0 fully saturated rings. The molecule has 0 amide bonds. The Morgan fingerprint density at radius 3 is 2.07 bits per heavy atom. The third kappa shape index (κ3) is 5.11. The molecular weight excluding hydrogens is 188 g/mol. The van der Waals surface area contributed by atoms with E-state index in [0.29, 0.717) is 6.42 Å². The Bertz CT molecular complexity index is 367. The van der Waals surface area contributed by atoms with Gasteiger partial charge in [-0.25, -0.2) is 0 Å². The van der Waals surface area contributed by atoms with Gasteiger partial charge < -0.3 is 0 Å².